The Balaban J connectivity index is 1.77. The molecular formula is C25H31FN2O5S. The number of benzene rings is 2. The smallest absolute Gasteiger partial charge is 0.257 e. The van der Waals surface area contributed by atoms with Gasteiger partial charge in [0.15, 0.2) is 9.84 Å². The number of nitrogens with zero attached hydrogens (tertiary/aromatic N) is 2. The van der Waals surface area contributed by atoms with E-state index >= 15 is 0 Å². The number of aldehydes is 1. The van der Waals surface area contributed by atoms with Crippen LogP contribution in [-0.2, 0) is 14.6 Å². The number of hydrogen-bond acceptors (Lipinski definition) is 6. The number of carbonyl (C=O) groups excluding carboxylic acids is 2. The summed E-state index contributed by atoms with van der Waals surface area (Å²) in [6, 6.07) is 9.18. The van der Waals surface area contributed by atoms with E-state index in [2.05, 4.69) is 0 Å². The van der Waals surface area contributed by atoms with Crippen molar-refractivity contribution >= 4 is 27.7 Å². The zero-order chi connectivity index (χ0) is 25.0. The molecule has 0 saturated carbocycles. The molecule has 1 aliphatic heterocycles. The van der Waals surface area contributed by atoms with Crippen molar-refractivity contribution in [2.24, 2.45) is 5.92 Å². The van der Waals surface area contributed by atoms with Crippen molar-refractivity contribution in [2.45, 2.75) is 31.6 Å². The lowest BCUT2D eigenvalue weighted by atomic mass is 10.0. The fraction of sp³-hybridized carbons (Fsp3) is 0.440. The molecule has 1 atom stereocenters. The Bertz CT molecular complexity index is 1160. The highest BCUT2D eigenvalue weighted by Gasteiger charge is 2.26. The van der Waals surface area contributed by atoms with Gasteiger partial charge >= 0.3 is 0 Å². The van der Waals surface area contributed by atoms with Gasteiger partial charge in [0.2, 0.25) is 0 Å². The van der Waals surface area contributed by atoms with E-state index in [1.165, 1.54) is 24.3 Å². The van der Waals surface area contributed by atoms with Gasteiger partial charge in [-0.05, 0) is 41.8 Å². The first kappa shape index (κ1) is 25.7. The highest BCUT2D eigenvalue weighted by molar-refractivity contribution is 7.90. The average Bonchev–Trinajstić information content (AvgIpc) is 2.81. The molecule has 34 heavy (non-hydrogen) atoms. The molecule has 0 bridgehead atoms. The van der Waals surface area contributed by atoms with E-state index in [9.17, 15) is 22.4 Å². The van der Waals surface area contributed by atoms with Gasteiger partial charge in [0, 0.05) is 44.0 Å². The highest BCUT2D eigenvalue weighted by atomic mass is 32.2. The van der Waals surface area contributed by atoms with Crippen molar-refractivity contribution in [3.8, 4) is 5.75 Å². The summed E-state index contributed by atoms with van der Waals surface area (Å²) < 4.78 is 44.4. The van der Waals surface area contributed by atoms with Crippen LogP contribution < -0.4 is 9.64 Å². The molecule has 0 radical (unpaired) electrons. The number of halogens is 1. The summed E-state index contributed by atoms with van der Waals surface area (Å²) in [5.41, 5.74) is 1.26. The number of anilines is 1. The van der Waals surface area contributed by atoms with E-state index in [0.29, 0.717) is 56.1 Å². The molecule has 0 N–H and O–H groups in total. The van der Waals surface area contributed by atoms with E-state index in [1.807, 2.05) is 18.7 Å². The van der Waals surface area contributed by atoms with Gasteiger partial charge in [-0.25, -0.2) is 12.8 Å². The molecular weight excluding hydrogens is 459 g/mol. The molecule has 0 spiro atoms. The molecule has 3 rings (SSSR count). The first-order chi connectivity index (χ1) is 16.0. The van der Waals surface area contributed by atoms with Crippen molar-refractivity contribution in [2.75, 3.05) is 43.9 Å². The molecule has 9 heteroatoms. The van der Waals surface area contributed by atoms with Crippen molar-refractivity contribution in [1.29, 1.82) is 0 Å². The van der Waals surface area contributed by atoms with Gasteiger partial charge < -0.3 is 19.3 Å². The molecule has 1 fully saturated rings. The zero-order valence-corrected chi connectivity index (χ0v) is 20.8. The van der Waals surface area contributed by atoms with Gasteiger partial charge in [-0.15, -0.1) is 0 Å². The number of amides is 1. The molecule has 1 aliphatic rings. The van der Waals surface area contributed by atoms with E-state index in [0.717, 1.165) is 6.26 Å². The SMILES string of the molecule is CC(C)COc1ccc(S(C)(=O)=O)cc1C(=O)N1CCN(c2ccc(C(C)C=O)c(F)c2)CC1. The van der Waals surface area contributed by atoms with Gasteiger partial charge in [0.05, 0.1) is 17.1 Å². The van der Waals surface area contributed by atoms with Gasteiger partial charge in [-0.2, -0.15) is 0 Å². The van der Waals surface area contributed by atoms with Crippen LogP contribution in [0.25, 0.3) is 0 Å². The lowest BCUT2D eigenvalue weighted by Crippen LogP contribution is -2.49. The van der Waals surface area contributed by atoms with Gasteiger partial charge in [-0.3, -0.25) is 4.79 Å². The number of sulfone groups is 1. The second-order valence-corrected chi connectivity index (χ2v) is 11.1. The molecule has 2 aromatic carbocycles. The Labute approximate surface area is 200 Å². The summed E-state index contributed by atoms with van der Waals surface area (Å²) in [4.78, 5) is 28.0. The minimum absolute atomic E-state index is 0.0616. The van der Waals surface area contributed by atoms with Crippen molar-refractivity contribution in [3.05, 3.63) is 53.3 Å². The molecule has 1 amide bonds. The standard InChI is InChI=1S/C25H31FN2O5S/c1-17(2)16-33-24-8-6-20(34(4,31)32)14-22(24)25(30)28-11-9-27(10-12-28)19-5-7-21(18(3)15-29)23(26)13-19/h5-8,13-15,17-18H,9-12,16H2,1-4H3. The number of ether oxygens (including phenoxy) is 1. The van der Waals surface area contributed by atoms with E-state index < -0.39 is 21.6 Å². The Hall–Kier alpha value is -2.94. The van der Waals surface area contributed by atoms with E-state index in [-0.39, 0.29) is 22.3 Å². The number of piperazine rings is 1. The van der Waals surface area contributed by atoms with Crippen LogP contribution in [0, 0.1) is 11.7 Å². The monoisotopic (exact) mass is 490 g/mol. The van der Waals surface area contributed by atoms with Crippen LogP contribution in [-0.4, -0.2) is 64.6 Å². The van der Waals surface area contributed by atoms with Crippen molar-refractivity contribution in [3.63, 3.8) is 0 Å². The van der Waals surface area contributed by atoms with E-state index in [1.54, 1.807) is 24.0 Å². The lowest BCUT2D eigenvalue weighted by molar-refractivity contribution is -0.108. The molecule has 1 heterocycles. The van der Waals surface area contributed by atoms with Gasteiger partial charge in [-0.1, -0.05) is 26.8 Å². The van der Waals surface area contributed by atoms with Gasteiger partial charge in [0.25, 0.3) is 5.91 Å². The van der Waals surface area contributed by atoms with Crippen LogP contribution in [0.5, 0.6) is 5.75 Å². The second-order valence-electron chi connectivity index (χ2n) is 9.04. The minimum atomic E-state index is -3.49. The summed E-state index contributed by atoms with van der Waals surface area (Å²) in [6.45, 7) is 7.77. The molecule has 7 nitrogen and oxygen atoms in total. The Morgan fingerprint density at radius 1 is 1.09 bits per heavy atom. The van der Waals surface area contributed by atoms with Crippen LogP contribution in [0.15, 0.2) is 41.3 Å². The maximum Gasteiger partial charge on any atom is 0.257 e. The zero-order valence-electron chi connectivity index (χ0n) is 20.0. The normalized spacial score (nSPS) is 15.4. The molecule has 1 saturated heterocycles. The van der Waals surface area contributed by atoms with Crippen LogP contribution in [0.3, 0.4) is 0 Å². The van der Waals surface area contributed by atoms with E-state index in [4.69, 9.17) is 4.74 Å². The highest BCUT2D eigenvalue weighted by Crippen LogP contribution is 2.27. The van der Waals surface area contributed by atoms with Crippen molar-refractivity contribution < 1.29 is 27.1 Å². The maximum atomic E-state index is 14.5. The number of carbonyl (C=O) groups is 2. The third-order valence-electron chi connectivity index (χ3n) is 5.79. The molecule has 0 aliphatic carbocycles. The Morgan fingerprint density at radius 2 is 1.76 bits per heavy atom. The third-order valence-corrected chi connectivity index (χ3v) is 6.90. The van der Waals surface area contributed by atoms with Crippen LogP contribution in [0.1, 0.15) is 42.6 Å². The third kappa shape index (κ3) is 5.94. The predicted octanol–water partition coefficient (Wildman–Crippen LogP) is 3.53. The molecule has 1 unspecified atom stereocenters. The topological polar surface area (TPSA) is 84.0 Å². The summed E-state index contributed by atoms with van der Waals surface area (Å²) >= 11 is 0. The van der Waals surface area contributed by atoms with Crippen LogP contribution in [0.4, 0.5) is 10.1 Å². The number of rotatable bonds is 8. The van der Waals surface area contributed by atoms with Gasteiger partial charge in [0.1, 0.15) is 17.9 Å². The predicted molar refractivity (Wildman–Crippen MR) is 129 cm³/mol. The maximum absolute atomic E-state index is 14.5. The quantitative estimate of drug-likeness (QED) is 0.527. The Kier molecular flexibility index (Phi) is 7.97. The first-order valence-electron chi connectivity index (χ1n) is 11.3. The second kappa shape index (κ2) is 10.5. The fourth-order valence-corrected chi connectivity index (χ4v) is 4.43. The summed E-state index contributed by atoms with van der Waals surface area (Å²) in [5.74, 6) is -0.651. The molecule has 0 aromatic heterocycles. The summed E-state index contributed by atoms with van der Waals surface area (Å²) in [5, 5.41) is 0. The molecule has 2 aromatic rings. The summed E-state index contributed by atoms with van der Waals surface area (Å²) in [6.07, 6.45) is 1.81. The number of hydrogen-bond donors (Lipinski definition) is 0. The molecule has 184 valence electrons. The lowest BCUT2D eigenvalue weighted by Gasteiger charge is -2.36. The average molecular weight is 491 g/mol. The largest absolute Gasteiger partial charge is 0.492 e. The minimum Gasteiger partial charge on any atom is -0.492 e. The first-order valence-corrected chi connectivity index (χ1v) is 13.2. The van der Waals surface area contributed by atoms with Crippen LogP contribution >= 0.6 is 0 Å². The van der Waals surface area contributed by atoms with Crippen LogP contribution in [0.2, 0.25) is 0 Å². The van der Waals surface area contributed by atoms with Crippen molar-refractivity contribution in [1.82, 2.24) is 4.90 Å². The summed E-state index contributed by atoms with van der Waals surface area (Å²) in [7, 11) is -3.49. The Morgan fingerprint density at radius 3 is 2.32 bits per heavy atom. The fourth-order valence-electron chi connectivity index (χ4n) is 3.78.